The fourth-order valence-corrected chi connectivity index (χ4v) is 3.29. The Balaban J connectivity index is 2.34. The summed E-state index contributed by atoms with van der Waals surface area (Å²) in [5.74, 6) is -1.05. The molecule has 2 aromatic carbocycles. The van der Waals surface area contributed by atoms with Crippen LogP contribution in [0.25, 0.3) is 0 Å². The highest BCUT2D eigenvalue weighted by Crippen LogP contribution is 2.20. The minimum atomic E-state index is -3.56. The molecule has 0 aliphatic heterocycles. The van der Waals surface area contributed by atoms with Crippen molar-refractivity contribution in [3.05, 3.63) is 65.7 Å². The van der Waals surface area contributed by atoms with E-state index in [1.807, 2.05) is 6.07 Å². The number of rotatable bonds is 6. The van der Waals surface area contributed by atoms with Crippen molar-refractivity contribution in [2.45, 2.75) is 17.4 Å². The minimum Gasteiger partial charge on any atom is -0.469 e. The van der Waals surface area contributed by atoms with E-state index >= 15 is 0 Å². The number of ether oxygens (including phenoxy) is 1. The van der Waals surface area contributed by atoms with Crippen molar-refractivity contribution in [2.24, 2.45) is 0 Å². The van der Waals surface area contributed by atoms with Gasteiger partial charge in [0.05, 0.1) is 30.0 Å². The first-order valence-electron chi connectivity index (χ1n) is 7.54. The van der Waals surface area contributed by atoms with E-state index in [2.05, 4.69) is 10.1 Å². The zero-order valence-electron chi connectivity index (χ0n) is 13.9. The number of methoxy groups -OCH3 is 1. The number of sulfone groups is 1. The molecule has 0 saturated carbocycles. The smallest absolute Gasteiger partial charge is 0.307 e. The fourth-order valence-electron chi connectivity index (χ4n) is 2.40. The van der Waals surface area contributed by atoms with Gasteiger partial charge in [-0.15, -0.1) is 0 Å². The van der Waals surface area contributed by atoms with Gasteiger partial charge in [0, 0.05) is 6.26 Å². The maximum absolute atomic E-state index is 12.6. The lowest BCUT2D eigenvalue weighted by Crippen LogP contribution is -2.31. The molecular weight excluding hydrogens is 342 g/mol. The van der Waals surface area contributed by atoms with Crippen LogP contribution in [0.5, 0.6) is 0 Å². The molecular formula is C18H19NO5S. The second-order valence-corrected chi connectivity index (χ2v) is 7.47. The summed E-state index contributed by atoms with van der Waals surface area (Å²) < 4.78 is 28.4. The number of benzene rings is 2. The molecule has 2 aromatic rings. The molecule has 2 rings (SSSR count). The number of hydrogen-bond acceptors (Lipinski definition) is 5. The SMILES string of the molecule is COC(=O)CC(NC(=O)c1ccccc1S(C)(=O)=O)c1ccccc1. The Bertz CT molecular complexity index is 862. The van der Waals surface area contributed by atoms with Crippen LogP contribution >= 0.6 is 0 Å². The van der Waals surface area contributed by atoms with Gasteiger partial charge in [0.15, 0.2) is 9.84 Å². The van der Waals surface area contributed by atoms with Gasteiger partial charge in [0.1, 0.15) is 0 Å². The summed E-state index contributed by atoms with van der Waals surface area (Å²) >= 11 is 0. The van der Waals surface area contributed by atoms with E-state index in [1.54, 1.807) is 36.4 Å². The van der Waals surface area contributed by atoms with E-state index in [0.29, 0.717) is 0 Å². The molecule has 0 aromatic heterocycles. The van der Waals surface area contributed by atoms with Gasteiger partial charge in [-0.05, 0) is 17.7 Å². The number of carbonyl (C=O) groups excluding carboxylic acids is 2. The highest BCUT2D eigenvalue weighted by Gasteiger charge is 2.23. The normalized spacial score (nSPS) is 12.2. The van der Waals surface area contributed by atoms with Gasteiger partial charge in [-0.1, -0.05) is 42.5 Å². The largest absolute Gasteiger partial charge is 0.469 e. The van der Waals surface area contributed by atoms with E-state index in [4.69, 9.17) is 0 Å². The Kier molecular flexibility index (Phi) is 5.93. The third-order valence-corrected chi connectivity index (χ3v) is 4.79. The summed E-state index contributed by atoms with van der Waals surface area (Å²) in [6.07, 6.45) is 0.982. The third-order valence-electron chi connectivity index (χ3n) is 3.64. The lowest BCUT2D eigenvalue weighted by molar-refractivity contribution is -0.141. The number of hydrogen-bond donors (Lipinski definition) is 1. The molecule has 0 bridgehead atoms. The summed E-state index contributed by atoms with van der Waals surface area (Å²) in [7, 11) is -2.29. The van der Waals surface area contributed by atoms with E-state index < -0.39 is 27.8 Å². The molecule has 1 atom stereocenters. The molecule has 1 N–H and O–H groups in total. The Hall–Kier alpha value is -2.67. The molecule has 0 radical (unpaired) electrons. The maximum Gasteiger partial charge on any atom is 0.307 e. The maximum atomic E-state index is 12.6. The lowest BCUT2D eigenvalue weighted by Gasteiger charge is -2.19. The highest BCUT2D eigenvalue weighted by molar-refractivity contribution is 7.90. The van der Waals surface area contributed by atoms with Crippen LogP contribution in [0, 0.1) is 0 Å². The van der Waals surface area contributed by atoms with E-state index in [-0.39, 0.29) is 16.9 Å². The first kappa shape index (κ1) is 18.7. The summed E-state index contributed by atoms with van der Waals surface area (Å²) in [6.45, 7) is 0. The average molecular weight is 361 g/mol. The average Bonchev–Trinajstić information content (AvgIpc) is 2.61. The zero-order valence-corrected chi connectivity index (χ0v) is 14.7. The van der Waals surface area contributed by atoms with Crippen LogP contribution in [0.3, 0.4) is 0 Å². The van der Waals surface area contributed by atoms with Crippen LogP contribution in [0.1, 0.15) is 28.4 Å². The van der Waals surface area contributed by atoms with Gasteiger partial charge in [0.25, 0.3) is 5.91 Å². The predicted molar refractivity (Wildman–Crippen MR) is 92.8 cm³/mol. The van der Waals surface area contributed by atoms with Crippen LogP contribution in [0.15, 0.2) is 59.5 Å². The standard InChI is InChI=1S/C18H19NO5S/c1-24-17(20)12-15(13-8-4-3-5-9-13)19-18(21)14-10-6-7-11-16(14)25(2,22)23/h3-11,15H,12H2,1-2H3,(H,19,21). The van der Waals surface area contributed by atoms with Gasteiger partial charge >= 0.3 is 5.97 Å². The molecule has 7 heteroatoms. The summed E-state index contributed by atoms with van der Waals surface area (Å²) in [5.41, 5.74) is 0.758. The third kappa shape index (κ3) is 4.90. The molecule has 0 aliphatic carbocycles. The van der Waals surface area contributed by atoms with Crippen molar-refractivity contribution in [1.82, 2.24) is 5.32 Å². The molecule has 25 heavy (non-hydrogen) atoms. The molecule has 0 saturated heterocycles. The van der Waals surface area contributed by atoms with E-state index in [9.17, 15) is 18.0 Å². The number of carbonyl (C=O) groups is 2. The van der Waals surface area contributed by atoms with Crippen molar-refractivity contribution in [3.63, 3.8) is 0 Å². The van der Waals surface area contributed by atoms with Crippen LogP contribution in [0.2, 0.25) is 0 Å². The number of nitrogens with one attached hydrogen (secondary N) is 1. The molecule has 1 unspecified atom stereocenters. The van der Waals surface area contributed by atoms with Crippen molar-refractivity contribution < 1.29 is 22.7 Å². The Morgan fingerprint density at radius 3 is 2.24 bits per heavy atom. The first-order chi connectivity index (χ1) is 11.8. The summed E-state index contributed by atoms with van der Waals surface area (Å²) in [5, 5.41) is 2.72. The molecule has 0 spiro atoms. The Labute approximate surface area is 146 Å². The van der Waals surface area contributed by atoms with Crippen molar-refractivity contribution in [2.75, 3.05) is 13.4 Å². The van der Waals surface area contributed by atoms with Gasteiger partial charge in [-0.2, -0.15) is 0 Å². The molecule has 0 aliphatic rings. The molecule has 6 nitrogen and oxygen atoms in total. The van der Waals surface area contributed by atoms with Crippen molar-refractivity contribution in [1.29, 1.82) is 0 Å². The first-order valence-corrected chi connectivity index (χ1v) is 9.43. The van der Waals surface area contributed by atoms with Gasteiger partial charge in [-0.25, -0.2) is 8.42 Å². The summed E-state index contributed by atoms with van der Waals surface area (Å²) in [4.78, 5) is 24.3. The molecule has 132 valence electrons. The lowest BCUT2D eigenvalue weighted by atomic mass is 10.0. The van der Waals surface area contributed by atoms with Crippen LogP contribution in [0.4, 0.5) is 0 Å². The second-order valence-electron chi connectivity index (χ2n) is 5.49. The van der Waals surface area contributed by atoms with Crippen LogP contribution in [-0.4, -0.2) is 33.7 Å². The zero-order chi connectivity index (χ0) is 18.4. The van der Waals surface area contributed by atoms with E-state index in [0.717, 1.165) is 11.8 Å². The molecule has 1 amide bonds. The fraction of sp³-hybridized carbons (Fsp3) is 0.222. The van der Waals surface area contributed by atoms with Gasteiger partial charge < -0.3 is 10.1 Å². The number of esters is 1. The Morgan fingerprint density at radius 2 is 1.64 bits per heavy atom. The van der Waals surface area contributed by atoms with Crippen LogP contribution < -0.4 is 5.32 Å². The number of amides is 1. The second kappa shape index (κ2) is 7.94. The van der Waals surface area contributed by atoms with Crippen molar-refractivity contribution in [3.8, 4) is 0 Å². The summed E-state index contributed by atoms with van der Waals surface area (Å²) in [6, 6.07) is 14.3. The van der Waals surface area contributed by atoms with Crippen LogP contribution in [-0.2, 0) is 19.4 Å². The monoisotopic (exact) mass is 361 g/mol. The van der Waals surface area contributed by atoms with Gasteiger partial charge in [0.2, 0.25) is 0 Å². The molecule has 0 heterocycles. The molecule has 0 fully saturated rings. The quantitative estimate of drug-likeness (QED) is 0.796. The predicted octanol–water partition coefficient (Wildman–Crippen LogP) is 2.12. The topological polar surface area (TPSA) is 89.5 Å². The minimum absolute atomic E-state index is 0.0378. The van der Waals surface area contributed by atoms with Gasteiger partial charge in [-0.3, -0.25) is 9.59 Å². The Morgan fingerprint density at radius 1 is 1.04 bits per heavy atom. The highest BCUT2D eigenvalue weighted by atomic mass is 32.2. The van der Waals surface area contributed by atoms with Crippen molar-refractivity contribution >= 4 is 21.7 Å². The van der Waals surface area contributed by atoms with E-state index in [1.165, 1.54) is 19.2 Å².